The Morgan fingerprint density at radius 3 is 2.65 bits per heavy atom. The third-order valence-electron chi connectivity index (χ3n) is 2.17. The van der Waals surface area contributed by atoms with Crippen LogP contribution in [0.15, 0.2) is 18.2 Å². The maximum atomic E-state index is 10.5. The molecule has 1 rings (SSSR count). The first-order valence-electron chi connectivity index (χ1n) is 5.12. The van der Waals surface area contributed by atoms with Gasteiger partial charge in [0.25, 0.3) is 0 Å². The molecule has 0 unspecified atom stereocenters. The van der Waals surface area contributed by atoms with E-state index in [4.69, 9.17) is 35.3 Å². The molecule has 1 aromatic carbocycles. The van der Waals surface area contributed by atoms with Crippen LogP contribution in [0.5, 0.6) is 0 Å². The monoisotopic (exact) mass is 271 g/mol. The minimum atomic E-state index is -0.304. The van der Waals surface area contributed by atoms with E-state index >= 15 is 0 Å². The number of rotatable bonds is 6. The molecular formula is C11H14ClN3OS. The second kappa shape index (κ2) is 6.42. The van der Waals surface area contributed by atoms with Crippen molar-refractivity contribution in [2.75, 3.05) is 11.9 Å². The van der Waals surface area contributed by atoms with Gasteiger partial charge < -0.3 is 16.8 Å². The van der Waals surface area contributed by atoms with E-state index in [-0.39, 0.29) is 5.91 Å². The van der Waals surface area contributed by atoms with Gasteiger partial charge in [-0.2, -0.15) is 0 Å². The fraction of sp³-hybridized carbons (Fsp3) is 0.273. The Hall–Kier alpha value is -1.33. The number of hydrogen-bond donors (Lipinski definition) is 3. The molecule has 0 saturated heterocycles. The number of primary amides is 1. The number of benzene rings is 1. The maximum absolute atomic E-state index is 10.5. The van der Waals surface area contributed by atoms with E-state index in [1.165, 1.54) is 0 Å². The Morgan fingerprint density at radius 2 is 2.12 bits per heavy atom. The van der Waals surface area contributed by atoms with Crippen molar-refractivity contribution in [3.05, 3.63) is 28.8 Å². The van der Waals surface area contributed by atoms with Crippen molar-refractivity contribution in [3.8, 4) is 0 Å². The van der Waals surface area contributed by atoms with Crippen LogP contribution in [0, 0.1) is 0 Å². The summed E-state index contributed by atoms with van der Waals surface area (Å²) in [6, 6.07) is 5.31. The predicted molar refractivity (Wildman–Crippen MR) is 74.3 cm³/mol. The number of thiocarbonyl (C=S) groups is 1. The van der Waals surface area contributed by atoms with Crippen molar-refractivity contribution < 1.29 is 4.79 Å². The number of hydrogen-bond acceptors (Lipinski definition) is 3. The molecule has 0 aromatic heterocycles. The third kappa shape index (κ3) is 4.58. The molecule has 1 aromatic rings. The molecule has 0 saturated carbocycles. The van der Waals surface area contributed by atoms with Crippen LogP contribution in [-0.4, -0.2) is 17.4 Å². The van der Waals surface area contributed by atoms with Crippen LogP contribution in [0.3, 0.4) is 0 Å². The van der Waals surface area contributed by atoms with Gasteiger partial charge >= 0.3 is 0 Å². The molecule has 17 heavy (non-hydrogen) atoms. The Morgan fingerprint density at radius 1 is 1.41 bits per heavy atom. The zero-order valence-corrected chi connectivity index (χ0v) is 10.8. The number of carbonyl (C=O) groups is 1. The fourth-order valence-electron chi connectivity index (χ4n) is 1.30. The predicted octanol–water partition coefficient (Wildman–Crippen LogP) is 1.65. The molecule has 92 valence electrons. The highest BCUT2D eigenvalue weighted by molar-refractivity contribution is 7.80. The normalized spacial score (nSPS) is 9.94. The average molecular weight is 272 g/mol. The molecule has 0 radical (unpaired) electrons. The van der Waals surface area contributed by atoms with E-state index in [9.17, 15) is 4.79 Å². The highest BCUT2D eigenvalue weighted by Gasteiger charge is 2.03. The number of carbonyl (C=O) groups excluding carboxylic acids is 1. The smallest absolute Gasteiger partial charge is 0.217 e. The number of nitrogens with one attached hydrogen (secondary N) is 1. The number of nitrogens with two attached hydrogens (primary N) is 2. The second-order valence-electron chi connectivity index (χ2n) is 3.56. The van der Waals surface area contributed by atoms with Gasteiger partial charge in [0.05, 0.1) is 10.7 Å². The molecule has 6 heteroatoms. The first-order valence-corrected chi connectivity index (χ1v) is 5.91. The van der Waals surface area contributed by atoms with Crippen molar-refractivity contribution in [2.24, 2.45) is 11.5 Å². The van der Waals surface area contributed by atoms with Crippen LogP contribution in [0.2, 0.25) is 5.02 Å². The highest BCUT2D eigenvalue weighted by atomic mass is 35.5. The quantitative estimate of drug-likeness (QED) is 0.543. The van der Waals surface area contributed by atoms with E-state index in [0.717, 1.165) is 11.3 Å². The van der Waals surface area contributed by atoms with E-state index < -0.39 is 0 Å². The van der Waals surface area contributed by atoms with Crippen LogP contribution < -0.4 is 16.8 Å². The fourth-order valence-corrected chi connectivity index (χ4v) is 1.67. The maximum Gasteiger partial charge on any atom is 0.217 e. The lowest BCUT2D eigenvalue weighted by Gasteiger charge is -2.09. The Labute approximate surface area is 110 Å². The molecule has 0 atom stereocenters. The topological polar surface area (TPSA) is 81.1 Å². The largest absolute Gasteiger partial charge is 0.389 e. The molecule has 0 fully saturated rings. The van der Waals surface area contributed by atoms with Crippen molar-refractivity contribution in [2.45, 2.75) is 12.8 Å². The van der Waals surface area contributed by atoms with Crippen LogP contribution in [0.1, 0.15) is 18.4 Å². The summed E-state index contributed by atoms with van der Waals surface area (Å²) in [5.41, 5.74) is 12.0. The van der Waals surface area contributed by atoms with Gasteiger partial charge in [0, 0.05) is 18.5 Å². The molecule has 0 aliphatic rings. The SMILES string of the molecule is NC(=O)CCCNc1ccc(C(N)=S)cc1Cl. The van der Waals surface area contributed by atoms with Gasteiger partial charge in [-0.05, 0) is 24.6 Å². The van der Waals surface area contributed by atoms with Gasteiger partial charge in [-0.3, -0.25) is 4.79 Å². The summed E-state index contributed by atoms with van der Waals surface area (Å²) < 4.78 is 0. The van der Waals surface area contributed by atoms with Crippen molar-refractivity contribution >= 4 is 40.4 Å². The average Bonchev–Trinajstić information content (AvgIpc) is 2.25. The van der Waals surface area contributed by atoms with E-state index in [1.807, 2.05) is 0 Å². The van der Waals surface area contributed by atoms with Crippen LogP contribution in [-0.2, 0) is 4.79 Å². The molecule has 0 bridgehead atoms. The number of halogens is 1. The summed E-state index contributed by atoms with van der Waals surface area (Å²) in [5, 5.41) is 3.66. The summed E-state index contributed by atoms with van der Waals surface area (Å²) in [6.07, 6.45) is 1.03. The Balaban J connectivity index is 2.54. The summed E-state index contributed by atoms with van der Waals surface area (Å²) in [7, 11) is 0. The van der Waals surface area contributed by atoms with Crippen molar-refractivity contribution in [1.82, 2.24) is 0 Å². The third-order valence-corrected chi connectivity index (χ3v) is 2.72. The van der Waals surface area contributed by atoms with Crippen LogP contribution >= 0.6 is 23.8 Å². The lowest BCUT2D eigenvalue weighted by molar-refractivity contribution is -0.118. The minimum Gasteiger partial charge on any atom is -0.389 e. The second-order valence-corrected chi connectivity index (χ2v) is 4.40. The summed E-state index contributed by atoms with van der Waals surface area (Å²) in [4.78, 5) is 10.8. The summed E-state index contributed by atoms with van der Waals surface area (Å²) in [5.74, 6) is -0.304. The first kappa shape index (κ1) is 13.7. The molecule has 1 amide bonds. The lowest BCUT2D eigenvalue weighted by Crippen LogP contribution is -2.13. The van der Waals surface area contributed by atoms with Gasteiger partial charge in [0.1, 0.15) is 4.99 Å². The Kier molecular flexibility index (Phi) is 5.18. The van der Waals surface area contributed by atoms with Gasteiger partial charge in [0.2, 0.25) is 5.91 Å². The molecular weight excluding hydrogens is 258 g/mol. The minimum absolute atomic E-state index is 0.304. The molecule has 0 aliphatic heterocycles. The molecule has 4 nitrogen and oxygen atoms in total. The van der Waals surface area contributed by atoms with Crippen molar-refractivity contribution in [1.29, 1.82) is 0 Å². The first-order chi connectivity index (χ1) is 8.00. The van der Waals surface area contributed by atoms with Gasteiger partial charge in [-0.15, -0.1) is 0 Å². The molecule has 0 spiro atoms. The van der Waals surface area contributed by atoms with Crippen LogP contribution in [0.4, 0.5) is 5.69 Å². The van der Waals surface area contributed by atoms with E-state index in [1.54, 1.807) is 18.2 Å². The zero-order chi connectivity index (χ0) is 12.8. The number of amides is 1. The molecule has 5 N–H and O–H groups in total. The number of anilines is 1. The van der Waals surface area contributed by atoms with E-state index in [2.05, 4.69) is 5.32 Å². The Bertz CT molecular complexity index is 437. The molecule has 0 aliphatic carbocycles. The highest BCUT2D eigenvalue weighted by Crippen LogP contribution is 2.22. The van der Waals surface area contributed by atoms with E-state index in [0.29, 0.717) is 29.4 Å². The van der Waals surface area contributed by atoms with Gasteiger partial charge in [-0.25, -0.2) is 0 Å². The lowest BCUT2D eigenvalue weighted by atomic mass is 10.2. The van der Waals surface area contributed by atoms with Gasteiger partial charge in [0.15, 0.2) is 0 Å². The van der Waals surface area contributed by atoms with Gasteiger partial charge in [-0.1, -0.05) is 23.8 Å². The van der Waals surface area contributed by atoms with Crippen molar-refractivity contribution in [3.63, 3.8) is 0 Å². The zero-order valence-electron chi connectivity index (χ0n) is 9.20. The summed E-state index contributed by atoms with van der Waals surface area (Å²) in [6.45, 7) is 0.634. The van der Waals surface area contributed by atoms with Crippen LogP contribution in [0.25, 0.3) is 0 Å². The molecule has 0 heterocycles. The standard InChI is InChI=1S/C11H14ClN3OS/c12-8-6-7(11(14)17)3-4-9(8)15-5-1-2-10(13)16/h3-4,6,15H,1-2,5H2,(H2,13,16)(H2,14,17). The summed E-state index contributed by atoms with van der Waals surface area (Å²) >= 11 is 10.9.